The SMILES string of the molecule is COc1ccc(NC(=O)N(CC(=O)N(CCc2c[nH]c3ccccc23)Cc2ccc(C(F)(F)F)cc2)C2CC2)cc1. The molecule has 0 radical (unpaired) electrons. The Morgan fingerprint density at radius 3 is 2.37 bits per heavy atom. The molecule has 0 aliphatic heterocycles. The number of anilines is 1. The monoisotopic (exact) mass is 564 g/mol. The van der Waals surface area contributed by atoms with Gasteiger partial charge in [-0.25, -0.2) is 4.79 Å². The van der Waals surface area contributed by atoms with Gasteiger partial charge >= 0.3 is 12.2 Å². The van der Waals surface area contributed by atoms with E-state index in [-0.39, 0.29) is 31.1 Å². The van der Waals surface area contributed by atoms with Crippen LogP contribution in [0.15, 0.2) is 79.0 Å². The molecule has 0 unspecified atom stereocenters. The number of rotatable bonds is 10. The van der Waals surface area contributed by atoms with E-state index in [1.165, 1.54) is 17.0 Å². The third-order valence-corrected chi connectivity index (χ3v) is 7.23. The van der Waals surface area contributed by atoms with Crippen molar-refractivity contribution in [1.82, 2.24) is 14.8 Å². The van der Waals surface area contributed by atoms with Crippen molar-refractivity contribution in [3.05, 3.63) is 95.7 Å². The molecule has 0 bridgehead atoms. The fourth-order valence-electron chi connectivity index (χ4n) is 4.77. The number of hydrogen-bond acceptors (Lipinski definition) is 3. The summed E-state index contributed by atoms with van der Waals surface area (Å²) in [5.74, 6) is 0.382. The van der Waals surface area contributed by atoms with Crippen LogP contribution in [0.5, 0.6) is 5.75 Å². The molecule has 2 N–H and O–H groups in total. The second-order valence-corrected chi connectivity index (χ2v) is 10.1. The highest BCUT2D eigenvalue weighted by Gasteiger charge is 2.35. The summed E-state index contributed by atoms with van der Waals surface area (Å²) in [5.41, 5.74) is 2.43. The molecule has 0 spiro atoms. The Balaban J connectivity index is 1.32. The summed E-state index contributed by atoms with van der Waals surface area (Å²) in [5, 5.41) is 3.90. The number of nitrogens with zero attached hydrogens (tertiary/aromatic N) is 2. The normalized spacial score (nSPS) is 13.2. The lowest BCUT2D eigenvalue weighted by Crippen LogP contribution is -2.45. The molecule has 10 heteroatoms. The highest BCUT2D eigenvalue weighted by molar-refractivity contribution is 5.93. The zero-order valence-electron chi connectivity index (χ0n) is 22.6. The fourth-order valence-corrected chi connectivity index (χ4v) is 4.77. The van der Waals surface area contributed by atoms with Crippen LogP contribution in [-0.4, -0.2) is 53.0 Å². The van der Waals surface area contributed by atoms with Crippen LogP contribution in [0.2, 0.25) is 0 Å². The third kappa shape index (κ3) is 7.00. The van der Waals surface area contributed by atoms with Gasteiger partial charge in [0.05, 0.1) is 12.7 Å². The van der Waals surface area contributed by atoms with Gasteiger partial charge in [-0.2, -0.15) is 13.2 Å². The Hall–Kier alpha value is -4.47. The predicted molar refractivity (Wildman–Crippen MR) is 151 cm³/mol. The van der Waals surface area contributed by atoms with Crippen molar-refractivity contribution in [2.75, 3.05) is 25.5 Å². The van der Waals surface area contributed by atoms with Crippen molar-refractivity contribution in [2.24, 2.45) is 0 Å². The van der Waals surface area contributed by atoms with E-state index in [0.717, 1.165) is 41.4 Å². The molecule has 1 saturated carbocycles. The number of para-hydroxylation sites is 1. The molecule has 1 fully saturated rings. The van der Waals surface area contributed by atoms with Gasteiger partial charge in [0.2, 0.25) is 5.91 Å². The number of methoxy groups -OCH3 is 1. The summed E-state index contributed by atoms with van der Waals surface area (Å²) in [6.07, 6.45) is -0.386. The van der Waals surface area contributed by atoms with Gasteiger partial charge < -0.3 is 24.8 Å². The highest BCUT2D eigenvalue weighted by atomic mass is 19.4. The maximum absolute atomic E-state index is 13.7. The minimum Gasteiger partial charge on any atom is -0.497 e. The van der Waals surface area contributed by atoms with Crippen LogP contribution in [-0.2, 0) is 23.9 Å². The first-order chi connectivity index (χ1) is 19.7. The quantitative estimate of drug-likeness (QED) is 0.232. The fraction of sp³-hybridized carbons (Fsp3) is 0.290. The zero-order valence-corrected chi connectivity index (χ0v) is 22.6. The van der Waals surface area contributed by atoms with Gasteiger partial charge in [0, 0.05) is 41.9 Å². The van der Waals surface area contributed by atoms with Gasteiger partial charge in [0.1, 0.15) is 12.3 Å². The smallest absolute Gasteiger partial charge is 0.416 e. The van der Waals surface area contributed by atoms with Gasteiger partial charge in [0.25, 0.3) is 0 Å². The molecule has 1 aliphatic carbocycles. The number of aromatic amines is 1. The van der Waals surface area contributed by atoms with E-state index in [9.17, 15) is 22.8 Å². The number of urea groups is 1. The van der Waals surface area contributed by atoms with Gasteiger partial charge in [0.15, 0.2) is 0 Å². The molecule has 5 rings (SSSR count). The van der Waals surface area contributed by atoms with E-state index in [0.29, 0.717) is 30.0 Å². The standard InChI is InChI=1S/C31H31F3N4O3/c1-41-26-14-10-24(11-15-26)36-30(40)38(25-12-13-25)20-29(39)37(19-21-6-8-23(9-7-21)31(32,33)34)17-16-22-18-35-28-5-3-2-4-27(22)28/h2-11,14-15,18,25,35H,12-13,16-17,19-20H2,1H3,(H,36,40). The summed E-state index contributed by atoms with van der Waals surface area (Å²) in [4.78, 5) is 33.3. The van der Waals surface area contributed by atoms with Crippen LogP contribution < -0.4 is 10.1 Å². The predicted octanol–water partition coefficient (Wildman–Crippen LogP) is 6.46. The van der Waals surface area contributed by atoms with Crippen molar-refractivity contribution >= 4 is 28.5 Å². The zero-order chi connectivity index (χ0) is 29.0. The lowest BCUT2D eigenvalue weighted by molar-refractivity contribution is -0.137. The average Bonchev–Trinajstić information content (AvgIpc) is 3.73. The van der Waals surface area contributed by atoms with Gasteiger partial charge in [-0.05, 0) is 72.9 Å². The van der Waals surface area contributed by atoms with Crippen LogP contribution in [0, 0.1) is 0 Å². The Kier molecular flexibility index (Phi) is 8.19. The molecule has 41 heavy (non-hydrogen) atoms. The molecule has 1 aliphatic rings. The summed E-state index contributed by atoms with van der Waals surface area (Å²) < 4.78 is 44.4. The number of benzene rings is 3. The van der Waals surface area contributed by atoms with Gasteiger partial charge in [-0.15, -0.1) is 0 Å². The van der Waals surface area contributed by atoms with E-state index in [1.54, 1.807) is 36.3 Å². The lowest BCUT2D eigenvalue weighted by atomic mass is 10.1. The van der Waals surface area contributed by atoms with Gasteiger partial charge in [-0.3, -0.25) is 4.79 Å². The van der Waals surface area contributed by atoms with E-state index >= 15 is 0 Å². The first-order valence-corrected chi connectivity index (χ1v) is 13.4. The summed E-state index contributed by atoms with van der Waals surface area (Å²) in [6, 6.07) is 19.2. The minimum atomic E-state index is -4.44. The molecule has 3 aromatic carbocycles. The number of H-pyrrole nitrogens is 1. The Labute approximate surface area is 235 Å². The van der Waals surface area contributed by atoms with E-state index < -0.39 is 11.7 Å². The number of nitrogens with one attached hydrogen (secondary N) is 2. The number of ether oxygens (including phenoxy) is 1. The topological polar surface area (TPSA) is 77.7 Å². The summed E-state index contributed by atoms with van der Waals surface area (Å²) in [6.45, 7) is 0.319. The van der Waals surface area contributed by atoms with E-state index in [4.69, 9.17) is 4.74 Å². The molecule has 3 amide bonds. The Morgan fingerprint density at radius 2 is 1.71 bits per heavy atom. The second-order valence-electron chi connectivity index (χ2n) is 10.1. The minimum absolute atomic E-state index is 0.0428. The Morgan fingerprint density at radius 1 is 1.00 bits per heavy atom. The molecule has 4 aromatic rings. The van der Waals surface area contributed by atoms with Crippen LogP contribution >= 0.6 is 0 Å². The molecule has 7 nitrogen and oxygen atoms in total. The van der Waals surface area contributed by atoms with Crippen molar-refractivity contribution in [3.63, 3.8) is 0 Å². The number of aromatic nitrogens is 1. The maximum Gasteiger partial charge on any atom is 0.416 e. The third-order valence-electron chi connectivity index (χ3n) is 7.23. The highest BCUT2D eigenvalue weighted by Crippen LogP contribution is 2.30. The van der Waals surface area contributed by atoms with Crippen LogP contribution in [0.1, 0.15) is 29.5 Å². The number of carbonyl (C=O) groups excluding carboxylic acids is 2. The van der Waals surface area contributed by atoms with Crippen molar-refractivity contribution in [1.29, 1.82) is 0 Å². The van der Waals surface area contributed by atoms with Crippen molar-refractivity contribution < 1.29 is 27.5 Å². The number of fused-ring (bicyclic) bond motifs is 1. The molecule has 0 atom stereocenters. The van der Waals surface area contributed by atoms with Crippen LogP contribution in [0.4, 0.5) is 23.7 Å². The van der Waals surface area contributed by atoms with E-state index in [1.807, 2.05) is 30.5 Å². The number of alkyl halides is 3. The first-order valence-electron chi connectivity index (χ1n) is 13.4. The van der Waals surface area contributed by atoms with Gasteiger partial charge in [-0.1, -0.05) is 30.3 Å². The van der Waals surface area contributed by atoms with Crippen LogP contribution in [0.25, 0.3) is 10.9 Å². The number of amides is 3. The number of carbonyl (C=O) groups is 2. The summed E-state index contributed by atoms with van der Waals surface area (Å²) in [7, 11) is 1.56. The molecular weight excluding hydrogens is 533 g/mol. The molecule has 0 saturated heterocycles. The molecule has 214 valence electrons. The number of halogens is 3. The largest absolute Gasteiger partial charge is 0.497 e. The second kappa shape index (κ2) is 12.0. The van der Waals surface area contributed by atoms with Crippen molar-refractivity contribution in [3.8, 4) is 5.75 Å². The Bertz CT molecular complexity index is 1500. The van der Waals surface area contributed by atoms with Crippen molar-refractivity contribution in [2.45, 2.75) is 38.0 Å². The maximum atomic E-state index is 13.7. The van der Waals surface area contributed by atoms with E-state index in [2.05, 4.69) is 10.3 Å². The summed E-state index contributed by atoms with van der Waals surface area (Å²) >= 11 is 0. The lowest BCUT2D eigenvalue weighted by Gasteiger charge is -2.28. The average molecular weight is 565 g/mol. The molecular formula is C31H31F3N4O3. The first kappa shape index (κ1) is 28.1. The number of hydrogen-bond donors (Lipinski definition) is 2. The molecule has 1 aromatic heterocycles. The molecule has 1 heterocycles. The van der Waals surface area contributed by atoms with Crippen LogP contribution in [0.3, 0.4) is 0 Å².